The van der Waals surface area contributed by atoms with Gasteiger partial charge in [0, 0.05) is 6.20 Å². The maximum Gasteiger partial charge on any atom is 0.263 e. The Morgan fingerprint density at radius 2 is 1.60 bits per heavy atom. The van der Waals surface area contributed by atoms with Gasteiger partial charge in [0.1, 0.15) is 5.82 Å². The Morgan fingerprint density at radius 1 is 0.900 bits per heavy atom. The van der Waals surface area contributed by atoms with Gasteiger partial charge in [-0.3, -0.25) is 4.72 Å². The Balaban J connectivity index is 1.60. The summed E-state index contributed by atoms with van der Waals surface area (Å²) in [5.41, 5.74) is 6.54. The molecular weight excluding hydrogens is 532 g/mol. The fourth-order valence-corrected chi connectivity index (χ4v) is 4.57. The highest BCUT2D eigenvalue weighted by atomic mass is 32.2. The summed E-state index contributed by atoms with van der Waals surface area (Å²) in [5.74, 6) is 1.65. The zero-order chi connectivity index (χ0) is 28.8. The molecule has 0 aliphatic carbocycles. The molecule has 0 bridgehead atoms. The molecule has 0 radical (unpaired) electrons. The van der Waals surface area contributed by atoms with E-state index in [9.17, 15) is 8.42 Å². The van der Waals surface area contributed by atoms with E-state index < -0.39 is 10.0 Å². The van der Waals surface area contributed by atoms with Crippen LogP contribution in [0.15, 0.2) is 71.9 Å². The van der Waals surface area contributed by atoms with E-state index in [0.717, 1.165) is 5.56 Å². The van der Waals surface area contributed by atoms with Crippen molar-refractivity contribution < 1.29 is 22.6 Å². The first kappa shape index (κ1) is 28.7. The summed E-state index contributed by atoms with van der Waals surface area (Å²) in [4.78, 5) is 17.5. The van der Waals surface area contributed by atoms with Crippen LogP contribution in [0.2, 0.25) is 0 Å². The van der Waals surface area contributed by atoms with Crippen molar-refractivity contribution in [1.29, 1.82) is 0 Å². The first-order valence-electron chi connectivity index (χ1n) is 12.6. The molecule has 11 nitrogen and oxygen atoms in total. The van der Waals surface area contributed by atoms with Crippen molar-refractivity contribution in [1.82, 2.24) is 19.9 Å². The zero-order valence-electron chi connectivity index (χ0n) is 22.8. The topological polar surface area (TPSA) is 151 Å². The molecule has 0 aliphatic rings. The maximum atomic E-state index is 13.0. The number of sulfonamides is 1. The molecular formula is C28H32N6O5S. The van der Waals surface area contributed by atoms with Crippen LogP contribution >= 0.6 is 0 Å². The predicted molar refractivity (Wildman–Crippen MR) is 151 cm³/mol. The van der Waals surface area contributed by atoms with E-state index in [4.69, 9.17) is 19.9 Å². The monoisotopic (exact) mass is 564 g/mol. The highest BCUT2D eigenvalue weighted by molar-refractivity contribution is 7.92. The predicted octanol–water partition coefficient (Wildman–Crippen LogP) is 4.56. The molecule has 0 unspecified atom stereocenters. The van der Waals surface area contributed by atoms with Gasteiger partial charge in [0.2, 0.25) is 11.6 Å². The lowest BCUT2D eigenvalue weighted by molar-refractivity contribution is 0.283. The van der Waals surface area contributed by atoms with E-state index >= 15 is 0 Å². The highest BCUT2D eigenvalue weighted by Gasteiger charge is 2.20. The van der Waals surface area contributed by atoms with Gasteiger partial charge in [-0.1, -0.05) is 45.0 Å². The lowest BCUT2D eigenvalue weighted by Crippen LogP contribution is -2.16. The highest BCUT2D eigenvalue weighted by Crippen LogP contribution is 2.35. The number of nitrogens with zero attached hydrogens (tertiary/aromatic N) is 4. The van der Waals surface area contributed by atoms with Crippen molar-refractivity contribution in [3.05, 3.63) is 72.6 Å². The minimum atomic E-state index is -3.90. The molecule has 4 rings (SSSR count). The zero-order valence-corrected chi connectivity index (χ0v) is 23.6. The molecule has 0 amide bonds. The molecule has 2 heterocycles. The van der Waals surface area contributed by atoms with Crippen molar-refractivity contribution in [3.8, 4) is 34.8 Å². The average molecular weight is 565 g/mol. The third kappa shape index (κ3) is 7.01. The molecule has 0 atom stereocenters. The number of rotatable bonds is 11. The quantitative estimate of drug-likeness (QED) is 0.248. The number of ether oxygens (including phenoxy) is 3. The maximum absolute atomic E-state index is 13.0. The first-order valence-corrected chi connectivity index (χ1v) is 14.1. The van der Waals surface area contributed by atoms with E-state index in [-0.39, 0.29) is 39.4 Å². The fraction of sp³-hybridized carbons (Fsp3) is 0.286. The summed E-state index contributed by atoms with van der Waals surface area (Å²) in [6, 6.07) is 15.3. The van der Waals surface area contributed by atoms with Crippen molar-refractivity contribution >= 4 is 15.8 Å². The Labute approximate surface area is 233 Å². The van der Waals surface area contributed by atoms with E-state index in [1.807, 2.05) is 6.07 Å². The molecule has 40 heavy (non-hydrogen) atoms. The lowest BCUT2D eigenvalue weighted by atomic mass is 9.87. The number of para-hydroxylation sites is 2. The smallest absolute Gasteiger partial charge is 0.263 e. The van der Waals surface area contributed by atoms with Crippen LogP contribution < -0.4 is 24.7 Å². The molecule has 0 saturated heterocycles. The molecule has 4 aromatic rings. The molecule has 2 aromatic heterocycles. The summed E-state index contributed by atoms with van der Waals surface area (Å²) in [6.07, 6.45) is 3.45. The average Bonchev–Trinajstić information content (AvgIpc) is 2.94. The summed E-state index contributed by atoms with van der Waals surface area (Å²) < 4.78 is 45.7. The van der Waals surface area contributed by atoms with Crippen LogP contribution in [0.5, 0.6) is 23.1 Å². The third-order valence-corrected chi connectivity index (χ3v) is 7.09. The summed E-state index contributed by atoms with van der Waals surface area (Å²) in [6.45, 7) is 6.91. The van der Waals surface area contributed by atoms with Gasteiger partial charge in [0.05, 0.1) is 24.8 Å². The van der Waals surface area contributed by atoms with Gasteiger partial charge in [-0.2, -0.15) is 4.98 Å². The normalized spacial score (nSPS) is 11.6. The van der Waals surface area contributed by atoms with Crippen LogP contribution in [-0.4, -0.2) is 48.6 Å². The van der Waals surface area contributed by atoms with E-state index in [1.54, 1.807) is 49.6 Å². The van der Waals surface area contributed by atoms with Crippen LogP contribution in [0.1, 0.15) is 32.8 Å². The summed E-state index contributed by atoms with van der Waals surface area (Å²) in [7, 11) is -2.35. The van der Waals surface area contributed by atoms with Gasteiger partial charge < -0.3 is 19.9 Å². The van der Waals surface area contributed by atoms with Gasteiger partial charge in [0.15, 0.2) is 17.3 Å². The molecule has 0 fully saturated rings. The SMILES string of the molecule is COc1ccccc1Oc1cnc(-c2nccc(NS(=O)(=O)c3ccc(C(C)(C)C)cc3)n2)nc1OCCCN. The molecule has 0 aliphatic heterocycles. The second-order valence-electron chi connectivity index (χ2n) is 9.75. The molecule has 2 aromatic carbocycles. The number of benzene rings is 2. The number of methoxy groups -OCH3 is 1. The number of hydrogen-bond acceptors (Lipinski definition) is 10. The van der Waals surface area contributed by atoms with Crippen molar-refractivity contribution in [2.45, 2.75) is 37.5 Å². The van der Waals surface area contributed by atoms with Crippen molar-refractivity contribution in [3.63, 3.8) is 0 Å². The van der Waals surface area contributed by atoms with Crippen LogP contribution in [0, 0.1) is 0 Å². The van der Waals surface area contributed by atoms with E-state index in [0.29, 0.717) is 31.1 Å². The van der Waals surface area contributed by atoms with Crippen molar-refractivity contribution in [2.24, 2.45) is 5.73 Å². The van der Waals surface area contributed by atoms with Gasteiger partial charge in [0.25, 0.3) is 15.9 Å². The minimum absolute atomic E-state index is 0.0634. The first-order chi connectivity index (χ1) is 19.1. The van der Waals surface area contributed by atoms with Crippen LogP contribution in [-0.2, 0) is 15.4 Å². The Hall–Kier alpha value is -4.29. The second kappa shape index (κ2) is 12.3. The number of nitrogens with two attached hydrogens (primary N) is 1. The number of nitrogens with one attached hydrogen (secondary N) is 1. The molecule has 210 valence electrons. The second-order valence-corrected chi connectivity index (χ2v) is 11.4. The fourth-order valence-electron chi connectivity index (χ4n) is 3.56. The number of hydrogen-bond donors (Lipinski definition) is 2. The third-order valence-electron chi connectivity index (χ3n) is 5.72. The van der Waals surface area contributed by atoms with Crippen LogP contribution in [0.25, 0.3) is 11.6 Å². The van der Waals surface area contributed by atoms with Crippen LogP contribution in [0.4, 0.5) is 5.82 Å². The molecule has 12 heteroatoms. The summed E-state index contributed by atoms with van der Waals surface area (Å²) >= 11 is 0. The molecule has 0 saturated carbocycles. The Kier molecular flexibility index (Phi) is 8.80. The lowest BCUT2D eigenvalue weighted by Gasteiger charge is -2.19. The van der Waals surface area contributed by atoms with Crippen LogP contribution in [0.3, 0.4) is 0 Å². The Morgan fingerprint density at radius 3 is 2.27 bits per heavy atom. The van der Waals surface area contributed by atoms with Crippen molar-refractivity contribution in [2.75, 3.05) is 25.0 Å². The van der Waals surface area contributed by atoms with E-state index in [1.165, 1.54) is 18.5 Å². The van der Waals surface area contributed by atoms with Gasteiger partial charge in [-0.05, 0) is 54.3 Å². The van der Waals surface area contributed by atoms with E-state index in [2.05, 4.69) is 45.4 Å². The van der Waals surface area contributed by atoms with Gasteiger partial charge in [-0.25, -0.2) is 23.4 Å². The standard InChI is InChI=1S/C28H32N6O5S/c1-28(2,3)19-10-12-20(13-11-19)40(35,36)34-24-14-16-30-25(32-24)26-31-18-23(27(33-26)38-17-7-15-29)39-22-9-6-5-8-21(22)37-4/h5-6,8-14,16,18H,7,15,17,29H2,1-4H3,(H,30,32,34). The summed E-state index contributed by atoms with van der Waals surface area (Å²) in [5, 5.41) is 0. The minimum Gasteiger partial charge on any atom is -0.493 e. The number of aromatic nitrogens is 4. The van der Waals surface area contributed by atoms with Gasteiger partial charge >= 0.3 is 0 Å². The molecule has 0 spiro atoms. The molecule has 3 N–H and O–H groups in total. The van der Waals surface area contributed by atoms with Gasteiger partial charge in [-0.15, -0.1) is 0 Å². The largest absolute Gasteiger partial charge is 0.493 e. The Bertz CT molecular complexity index is 1560. The number of anilines is 1.